The summed E-state index contributed by atoms with van der Waals surface area (Å²) in [4.78, 5) is 14.0. The molecule has 0 aliphatic rings. The van der Waals surface area contributed by atoms with Crippen molar-refractivity contribution in [2.75, 3.05) is 0 Å². The quantitative estimate of drug-likeness (QED) is 0.433. The minimum atomic E-state index is -0.795. The average molecular weight is 299 g/mol. The number of aromatic hydroxyl groups is 2. The molecule has 0 saturated carbocycles. The van der Waals surface area contributed by atoms with Gasteiger partial charge in [-0.05, 0) is 18.2 Å². The molecule has 0 spiro atoms. The van der Waals surface area contributed by atoms with Crippen molar-refractivity contribution < 1.29 is 19.7 Å². The molecule has 2 heterocycles. The Labute approximate surface area is 123 Å². The van der Waals surface area contributed by atoms with Crippen molar-refractivity contribution in [3.05, 3.63) is 52.8 Å². The molecule has 0 radical (unpaired) electrons. The third kappa shape index (κ3) is 2.33. The van der Waals surface area contributed by atoms with Gasteiger partial charge in [-0.2, -0.15) is 0 Å². The van der Waals surface area contributed by atoms with Crippen molar-refractivity contribution >= 4 is 5.69 Å². The number of nitrogens with zero attached hydrogens (tertiary/aromatic N) is 3. The zero-order valence-corrected chi connectivity index (χ0v) is 11.0. The number of rotatable bonds is 3. The Morgan fingerprint density at radius 1 is 1.18 bits per heavy atom. The fourth-order valence-electron chi connectivity index (χ4n) is 1.95. The Bertz CT molecular complexity index is 845. The smallest absolute Gasteiger partial charge is 0.315 e. The second-order valence-electron chi connectivity index (χ2n) is 4.44. The molecule has 22 heavy (non-hydrogen) atoms. The highest BCUT2D eigenvalue weighted by molar-refractivity contribution is 5.72. The van der Waals surface area contributed by atoms with Crippen LogP contribution in [0.25, 0.3) is 22.6 Å². The summed E-state index contributed by atoms with van der Waals surface area (Å²) in [6, 6.07) is 7.34. The number of hydrogen-bond acceptors (Lipinski definition) is 7. The van der Waals surface area contributed by atoms with E-state index in [0.29, 0.717) is 5.69 Å². The summed E-state index contributed by atoms with van der Waals surface area (Å²) in [5.41, 5.74) is 0.826. The van der Waals surface area contributed by atoms with Crippen molar-refractivity contribution in [2.24, 2.45) is 0 Å². The van der Waals surface area contributed by atoms with Crippen molar-refractivity contribution in [2.45, 2.75) is 0 Å². The van der Waals surface area contributed by atoms with Gasteiger partial charge in [-0.1, -0.05) is 5.16 Å². The van der Waals surface area contributed by atoms with E-state index in [1.54, 1.807) is 30.6 Å². The molecule has 0 bridgehead atoms. The molecule has 0 saturated heterocycles. The van der Waals surface area contributed by atoms with Gasteiger partial charge >= 0.3 is 5.69 Å². The Kier molecular flexibility index (Phi) is 3.18. The first-order valence-corrected chi connectivity index (χ1v) is 6.14. The molecule has 1 aromatic carbocycles. The molecule has 0 fully saturated rings. The summed E-state index contributed by atoms with van der Waals surface area (Å²) < 4.78 is 5.14. The largest absolute Gasteiger partial charge is 0.504 e. The van der Waals surface area contributed by atoms with Crippen molar-refractivity contribution in [1.82, 2.24) is 10.1 Å². The normalized spacial score (nSPS) is 10.5. The Balaban J connectivity index is 2.06. The minimum Gasteiger partial charge on any atom is -0.504 e. The summed E-state index contributed by atoms with van der Waals surface area (Å²) in [7, 11) is 0. The van der Waals surface area contributed by atoms with E-state index >= 15 is 0 Å². The predicted molar refractivity (Wildman–Crippen MR) is 75.2 cm³/mol. The first-order chi connectivity index (χ1) is 10.6. The molecule has 0 amide bonds. The lowest BCUT2D eigenvalue weighted by molar-refractivity contribution is -0.385. The van der Waals surface area contributed by atoms with Crippen LogP contribution in [0.3, 0.4) is 0 Å². The van der Waals surface area contributed by atoms with Gasteiger partial charge in [-0.25, -0.2) is 0 Å². The third-order valence-corrected chi connectivity index (χ3v) is 3.02. The van der Waals surface area contributed by atoms with Crippen LogP contribution in [-0.2, 0) is 0 Å². The molecule has 8 nitrogen and oxygen atoms in total. The highest BCUT2D eigenvalue weighted by Crippen LogP contribution is 2.39. The molecule has 110 valence electrons. The van der Waals surface area contributed by atoms with Gasteiger partial charge < -0.3 is 14.7 Å². The minimum absolute atomic E-state index is 0.220. The average Bonchev–Trinajstić information content (AvgIpc) is 3.00. The fraction of sp³-hybridized carbons (Fsp3) is 0. The van der Waals surface area contributed by atoms with Crippen molar-refractivity contribution in [3.63, 3.8) is 0 Å². The van der Waals surface area contributed by atoms with Crippen LogP contribution in [0.5, 0.6) is 11.5 Å². The summed E-state index contributed by atoms with van der Waals surface area (Å²) >= 11 is 0. The predicted octanol–water partition coefficient (Wildman–Crippen LogP) is 2.72. The number of nitro benzene ring substituents is 1. The van der Waals surface area contributed by atoms with Crippen LogP contribution in [0.15, 0.2) is 47.2 Å². The Morgan fingerprint density at radius 2 is 2.00 bits per heavy atom. The maximum absolute atomic E-state index is 10.9. The molecule has 3 rings (SSSR count). The van der Waals surface area contributed by atoms with Crippen molar-refractivity contribution in [3.8, 4) is 34.1 Å². The van der Waals surface area contributed by atoms with Gasteiger partial charge in [0.05, 0.1) is 4.92 Å². The molecule has 2 aromatic heterocycles. The van der Waals surface area contributed by atoms with Crippen molar-refractivity contribution in [1.29, 1.82) is 0 Å². The van der Waals surface area contributed by atoms with Gasteiger partial charge in [0.25, 0.3) is 0 Å². The lowest BCUT2D eigenvalue weighted by Gasteiger charge is -2.01. The topological polar surface area (TPSA) is 123 Å². The van der Waals surface area contributed by atoms with Gasteiger partial charge in [0, 0.05) is 35.7 Å². The summed E-state index contributed by atoms with van der Waals surface area (Å²) in [5, 5.41) is 33.8. The monoisotopic (exact) mass is 299 g/mol. The number of nitro groups is 1. The van der Waals surface area contributed by atoms with E-state index in [9.17, 15) is 20.3 Å². The van der Waals surface area contributed by atoms with E-state index in [2.05, 4.69) is 10.1 Å². The standard InChI is InChI=1S/C14H9N3O5/c18-12-5-9(4-11(14(12)19)17(20)21)13-6-10(16-22-13)8-2-1-3-15-7-8/h1-7,18-19H. The molecule has 2 N–H and O–H groups in total. The van der Waals surface area contributed by atoms with Crippen LogP contribution in [0, 0.1) is 10.1 Å². The molecule has 0 aliphatic heterocycles. The van der Waals surface area contributed by atoms with Crippen LogP contribution in [-0.4, -0.2) is 25.3 Å². The number of phenols is 2. The zero-order valence-electron chi connectivity index (χ0n) is 11.0. The third-order valence-electron chi connectivity index (χ3n) is 3.02. The molecule has 8 heteroatoms. The van der Waals surface area contributed by atoms with Gasteiger partial charge in [-0.15, -0.1) is 0 Å². The molecular formula is C14H9N3O5. The second-order valence-corrected chi connectivity index (χ2v) is 4.44. The second kappa shape index (κ2) is 5.17. The van der Waals surface area contributed by atoms with Crippen LogP contribution in [0.2, 0.25) is 0 Å². The van der Waals surface area contributed by atoms with Crippen LogP contribution < -0.4 is 0 Å². The summed E-state index contributed by atoms with van der Waals surface area (Å²) in [6.45, 7) is 0. The molecule has 0 unspecified atom stereocenters. The highest BCUT2D eigenvalue weighted by Gasteiger charge is 2.21. The number of pyridine rings is 1. The fourth-order valence-corrected chi connectivity index (χ4v) is 1.95. The van der Waals surface area contributed by atoms with E-state index in [4.69, 9.17) is 4.52 Å². The van der Waals surface area contributed by atoms with Crippen LogP contribution in [0.1, 0.15) is 0 Å². The number of phenolic OH excluding ortho intramolecular Hbond substituents is 2. The van der Waals surface area contributed by atoms with Gasteiger partial charge in [-0.3, -0.25) is 15.1 Å². The summed E-state index contributed by atoms with van der Waals surface area (Å²) in [5.74, 6) is -1.18. The maximum Gasteiger partial charge on any atom is 0.315 e. The van der Waals surface area contributed by atoms with E-state index in [1.165, 1.54) is 0 Å². The first-order valence-electron chi connectivity index (χ1n) is 6.14. The van der Waals surface area contributed by atoms with Gasteiger partial charge in [0.2, 0.25) is 5.75 Å². The van der Waals surface area contributed by atoms with E-state index < -0.39 is 22.1 Å². The lowest BCUT2D eigenvalue weighted by Crippen LogP contribution is -1.89. The summed E-state index contributed by atoms with van der Waals surface area (Å²) in [6.07, 6.45) is 3.21. The first kappa shape index (κ1) is 13.6. The number of aromatic nitrogens is 2. The number of benzene rings is 1. The Morgan fingerprint density at radius 3 is 2.68 bits per heavy atom. The molecule has 0 aliphatic carbocycles. The van der Waals surface area contributed by atoms with Crippen LogP contribution in [0.4, 0.5) is 5.69 Å². The van der Waals surface area contributed by atoms with E-state index in [1.807, 2.05) is 0 Å². The molecular weight excluding hydrogens is 290 g/mol. The Hall–Kier alpha value is -3.42. The zero-order chi connectivity index (χ0) is 15.7. The highest BCUT2D eigenvalue weighted by atomic mass is 16.6. The lowest BCUT2D eigenvalue weighted by atomic mass is 10.1. The molecule has 3 aromatic rings. The SMILES string of the molecule is O=[N+]([O-])c1cc(-c2cc(-c3cccnc3)no2)cc(O)c1O. The van der Waals surface area contributed by atoms with Crippen LogP contribution >= 0.6 is 0 Å². The molecule has 0 atom stereocenters. The van der Waals surface area contributed by atoms with E-state index in [-0.39, 0.29) is 11.3 Å². The van der Waals surface area contributed by atoms with E-state index in [0.717, 1.165) is 17.7 Å². The number of hydrogen-bond donors (Lipinski definition) is 2. The maximum atomic E-state index is 10.9. The van der Waals surface area contributed by atoms with Gasteiger partial charge in [0.1, 0.15) is 5.69 Å². The van der Waals surface area contributed by atoms with Gasteiger partial charge in [0.15, 0.2) is 11.5 Å².